The zero-order valence-electron chi connectivity index (χ0n) is 15.5. The van der Waals surface area contributed by atoms with Crippen LogP contribution in [-0.4, -0.2) is 15.9 Å². The number of hydrogen-bond donors (Lipinski definition) is 2. The van der Waals surface area contributed by atoms with Crippen molar-refractivity contribution in [3.05, 3.63) is 80.7 Å². The van der Waals surface area contributed by atoms with Gasteiger partial charge < -0.3 is 9.88 Å². The first-order valence-corrected chi connectivity index (χ1v) is 10.0. The summed E-state index contributed by atoms with van der Waals surface area (Å²) in [5.41, 5.74) is 9.60. The fourth-order valence-corrected chi connectivity index (χ4v) is 3.43. The highest BCUT2D eigenvalue weighted by Crippen LogP contribution is 2.22. The summed E-state index contributed by atoms with van der Waals surface area (Å²) in [4.78, 5) is 0. The van der Waals surface area contributed by atoms with Gasteiger partial charge in [0.05, 0.1) is 6.21 Å². The molecule has 138 valence electrons. The first kappa shape index (κ1) is 19.6. The Morgan fingerprint density at radius 2 is 1.81 bits per heavy atom. The molecule has 1 heterocycles. The van der Waals surface area contributed by atoms with Gasteiger partial charge in [0, 0.05) is 31.9 Å². The topological polar surface area (TPSA) is 41.4 Å². The molecule has 0 aliphatic heterocycles. The van der Waals surface area contributed by atoms with E-state index >= 15 is 0 Å². The number of hydrogen-bond acceptors (Lipinski definition) is 2. The lowest BCUT2D eigenvalue weighted by Gasteiger charge is -2.11. The van der Waals surface area contributed by atoms with Crippen LogP contribution in [0.25, 0.3) is 5.69 Å². The van der Waals surface area contributed by atoms with Crippen LogP contribution >= 0.6 is 34.8 Å². The van der Waals surface area contributed by atoms with Crippen molar-refractivity contribution >= 4 is 51.8 Å². The van der Waals surface area contributed by atoms with Crippen molar-refractivity contribution in [2.45, 2.75) is 20.8 Å². The zero-order chi connectivity index (χ0) is 19.4. The van der Waals surface area contributed by atoms with Crippen molar-refractivity contribution in [3.63, 3.8) is 0 Å². The van der Waals surface area contributed by atoms with Gasteiger partial charge in [0.2, 0.25) is 0 Å². The maximum absolute atomic E-state index is 5.28. The van der Waals surface area contributed by atoms with E-state index in [0.29, 0.717) is 5.11 Å². The highest BCUT2D eigenvalue weighted by Gasteiger charge is 2.10. The number of aromatic nitrogens is 1. The van der Waals surface area contributed by atoms with E-state index in [1.54, 1.807) is 6.21 Å². The van der Waals surface area contributed by atoms with Crippen molar-refractivity contribution in [2.75, 3.05) is 5.32 Å². The Morgan fingerprint density at radius 3 is 2.52 bits per heavy atom. The summed E-state index contributed by atoms with van der Waals surface area (Å²) in [5.74, 6) is 0. The average Bonchev–Trinajstić information content (AvgIpc) is 2.92. The van der Waals surface area contributed by atoms with E-state index < -0.39 is 0 Å². The van der Waals surface area contributed by atoms with Gasteiger partial charge in [-0.2, -0.15) is 5.10 Å². The predicted octanol–water partition coefficient (Wildman–Crippen LogP) is 5.33. The number of aryl methyl sites for hydroxylation is 2. The molecule has 2 aromatic carbocycles. The van der Waals surface area contributed by atoms with E-state index in [2.05, 4.69) is 88.0 Å². The Bertz CT molecular complexity index is 993. The third-order valence-corrected chi connectivity index (χ3v) is 5.68. The molecule has 27 heavy (non-hydrogen) atoms. The van der Waals surface area contributed by atoms with Crippen LogP contribution in [0.2, 0.25) is 0 Å². The van der Waals surface area contributed by atoms with E-state index in [-0.39, 0.29) is 0 Å². The van der Waals surface area contributed by atoms with Gasteiger partial charge in [-0.25, -0.2) is 0 Å². The molecule has 0 radical (unpaired) electrons. The van der Waals surface area contributed by atoms with Gasteiger partial charge in [-0.3, -0.25) is 5.43 Å². The maximum Gasteiger partial charge on any atom is 0.191 e. The van der Waals surface area contributed by atoms with Crippen molar-refractivity contribution in [2.24, 2.45) is 5.10 Å². The van der Waals surface area contributed by atoms with Gasteiger partial charge in [-0.05, 0) is 97.5 Å². The van der Waals surface area contributed by atoms with Crippen molar-refractivity contribution in [1.29, 1.82) is 0 Å². The van der Waals surface area contributed by atoms with Gasteiger partial charge >= 0.3 is 0 Å². The van der Waals surface area contributed by atoms with E-state index in [9.17, 15) is 0 Å². The average molecular weight is 488 g/mol. The predicted molar refractivity (Wildman–Crippen MR) is 126 cm³/mol. The lowest BCUT2D eigenvalue weighted by Crippen LogP contribution is -2.23. The Labute approximate surface area is 178 Å². The summed E-state index contributed by atoms with van der Waals surface area (Å²) < 4.78 is 3.51. The van der Waals surface area contributed by atoms with Crippen molar-refractivity contribution in [1.82, 2.24) is 9.99 Å². The van der Waals surface area contributed by atoms with Gasteiger partial charge in [0.15, 0.2) is 5.11 Å². The second-order valence-corrected chi connectivity index (χ2v) is 7.86. The van der Waals surface area contributed by atoms with Crippen LogP contribution in [0.4, 0.5) is 5.69 Å². The fourth-order valence-electron chi connectivity index (χ4n) is 2.92. The van der Waals surface area contributed by atoms with Crippen LogP contribution in [-0.2, 0) is 0 Å². The minimum absolute atomic E-state index is 0.458. The van der Waals surface area contributed by atoms with Gasteiger partial charge in [0.25, 0.3) is 0 Å². The molecule has 0 aliphatic carbocycles. The highest BCUT2D eigenvalue weighted by molar-refractivity contribution is 14.1. The summed E-state index contributed by atoms with van der Waals surface area (Å²) in [5, 5.41) is 7.84. The summed E-state index contributed by atoms with van der Waals surface area (Å²) in [6.45, 7) is 6.33. The molecule has 6 heteroatoms. The largest absolute Gasteiger partial charge is 0.331 e. The molecule has 0 amide bonds. The number of benzene rings is 2. The van der Waals surface area contributed by atoms with E-state index in [0.717, 1.165) is 22.6 Å². The SMILES string of the molecule is Cc1cc(-n2c(C)cc(/C=N/NC(=S)Nc3ccccc3)c2C)ccc1I. The molecule has 0 spiro atoms. The molecule has 0 atom stereocenters. The Morgan fingerprint density at radius 1 is 1.07 bits per heavy atom. The third kappa shape index (κ3) is 4.75. The van der Waals surface area contributed by atoms with Gasteiger partial charge in [0.1, 0.15) is 0 Å². The first-order chi connectivity index (χ1) is 13.0. The summed E-state index contributed by atoms with van der Waals surface area (Å²) in [6, 6.07) is 18.4. The van der Waals surface area contributed by atoms with E-state index in [4.69, 9.17) is 12.2 Å². The summed E-state index contributed by atoms with van der Waals surface area (Å²) >= 11 is 7.63. The third-order valence-electron chi connectivity index (χ3n) is 4.27. The smallest absolute Gasteiger partial charge is 0.191 e. The molecule has 4 nitrogen and oxygen atoms in total. The van der Waals surface area contributed by atoms with Crippen LogP contribution in [0.5, 0.6) is 0 Å². The molecule has 0 saturated carbocycles. The molecule has 0 fully saturated rings. The molecule has 0 bridgehead atoms. The molecular formula is C21H21IN4S. The number of rotatable bonds is 4. The quantitative estimate of drug-likeness (QED) is 0.226. The molecule has 3 rings (SSSR count). The molecule has 0 unspecified atom stereocenters. The van der Waals surface area contributed by atoms with E-state index in [1.807, 2.05) is 30.3 Å². The molecule has 2 N–H and O–H groups in total. The zero-order valence-corrected chi connectivity index (χ0v) is 18.4. The standard InChI is InChI=1S/C21H21IN4S/c1-14-11-19(9-10-20(14)22)26-15(2)12-17(16(26)3)13-23-25-21(27)24-18-7-5-4-6-8-18/h4-13H,1-3H3,(H2,24,25,27)/b23-13+. The second kappa shape index (κ2) is 8.67. The fraction of sp³-hybridized carbons (Fsp3) is 0.143. The first-order valence-electron chi connectivity index (χ1n) is 8.56. The number of nitrogens with zero attached hydrogens (tertiary/aromatic N) is 2. The Kier molecular flexibility index (Phi) is 6.28. The highest BCUT2D eigenvalue weighted by atomic mass is 127. The molecule has 1 aromatic heterocycles. The van der Waals surface area contributed by atoms with E-state index in [1.165, 1.54) is 14.8 Å². The van der Waals surface area contributed by atoms with Crippen LogP contribution in [0.3, 0.4) is 0 Å². The number of thiocarbonyl (C=S) groups is 1. The van der Waals surface area contributed by atoms with Crippen LogP contribution < -0.4 is 10.7 Å². The minimum Gasteiger partial charge on any atom is -0.331 e. The number of para-hydroxylation sites is 1. The number of nitrogens with one attached hydrogen (secondary N) is 2. The molecule has 0 aliphatic rings. The molecule has 0 saturated heterocycles. The van der Waals surface area contributed by atoms with Crippen molar-refractivity contribution in [3.8, 4) is 5.69 Å². The summed E-state index contributed by atoms with van der Waals surface area (Å²) in [6.07, 6.45) is 1.80. The minimum atomic E-state index is 0.458. The van der Waals surface area contributed by atoms with Crippen molar-refractivity contribution < 1.29 is 0 Å². The lowest BCUT2D eigenvalue weighted by atomic mass is 10.2. The maximum atomic E-state index is 5.28. The van der Waals surface area contributed by atoms with Gasteiger partial charge in [-0.15, -0.1) is 0 Å². The van der Waals surface area contributed by atoms with Crippen LogP contribution in [0.1, 0.15) is 22.5 Å². The second-order valence-electron chi connectivity index (χ2n) is 6.29. The number of anilines is 1. The normalized spacial score (nSPS) is 11.0. The number of hydrazone groups is 1. The Balaban J connectivity index is 1.73. The monoisotopic (exact) mass is 488 g/mol. The van der Waals surface area contributed by atoms with Crippen LogP contribution in [0.15, 0.2) is 59.7 Å². The van der Waals surface area contributed by atoms with Gasteiger partial charge in [-0.1, -0.05) is 18.2 Å². The summed E-state index contributed by atoms with van der Waals surface area (Å²) in [7, 11) is 0. The van der Waals surface area contributed by atoms with Crippen LogP contribution in [0, 0.1) is 24.3 Å². The lowest BCUT2D eigenvalue weighted by molar-refractivity contribution is 0.961. The Hall–Kier alpha value is -2.19. The molecule has 3 aromatic rings. The molecular weight excluding hydrogens is 467 g/mol. The number of halogens is 1.